The molecule has 7 nitrogen and oxygen atoms in total. The molecule has 0 saturated carbocycles. The molecule has 0 unspecified atom stereocenters. The number of esters is 1. The van der Waals surface area contributed by atoms with E-state index in [2.05, 4.69) is 15.5 Å². The van der Waals surface area contributed by atoms with Gasteiger partial charge in [0.25, 0.3) is 5.89 Å². The maximum atomic E-state index is 11.5. The number of nitrogens with one attached hydrogen (secondary N) is 1. The second kappa shape index (κ2) is 6.02. The smallest absolute Gasteiger partial charge is 0.337 e. The summed E-state index contributed by atoms with van der Waals surface area (Å²) in [5, 5.41) is 7.14. The van der Waals surface area contributed by atoms with E-state index in [1.165, 1.54) is 7.11 Å². The average molecular weight is 289 g/mol. The number of carbonyl (C=O) groups excluding carboxylic acids is 1. The second-order valence-corrected chi connectivity index (χ2v) is 4.59. The fraction of sp³-hybridized carbons (Fsp3) is 0.357. The molecule has 1 aromatic carbocycles. The Morgan fingerprint density at radius 2 is 2.38 bits per heavy atom. The minimum Gasteiger partial charge on any atom is -0.465 e. The average Bonchev–Trinajstić information content (AvgIpc) is 3.05. The first-order valence-electron chi connectivity index (χ1n) is 6.62. The van der Waals surface area contributed by atoms with Crippen LogP contribution >= 0.6 is 0 Å². The summed E-state index contributed by atoms with van der Waals surface area (Å²) in [7, 11) is 1.34. The van der Waals surface area contributed by atoms with Crippen molar-refractivity contribution in [1.29, 1.82) is 0 Å². The predicted molar refractivity (Wildman–Crippen MR) is 72.6 cm³/mol. The van der Waals surface area contributed by atoms with Gasteiger partial charge in [0.1, 0.15) is 6.10 Å². The fourth-order valence-electron chi connectivity index (χ4n) is 2.11. The zero-order valence-electron chi connectivity index (χ0n) is 11.5. The molecule has 3 rings (SSSR count). The summed E-state index contributed by atoms with van der Waals surface area (Å²) >= 11 is 0. The molecule has 0 aliphatic carbocycles. The lowest BCUT2D eigenvalue weighted by Gasteiger charge is -2.19. The molecule has 1 saturated heterocycles. The maximum Gasteiger partial charge on any atom is 0.337 e. The van der Waals surface area contributed by atoms with Crippen molar-refractivity contribution < 1.29 is 18.8 Å². The number of hydrogen-bond donors (Lipinski definition) is 1. The molecule has 1 aromatic heterocycles. The molecular formula is C14H15N3O4. The van der Waals surface area contributed by atoms with Crippen LogP contribution in [0.1, 0.15) is 22.4 Å². The van der Waals surface area contributed by atoms with Gasteiger partial charge in [0.2, 0.25) is 5.82 Å². The van der Waals surface area contributed by atoms with Crippen molar-refractivity contribution in [2.45, 2.75) is 6.10 Å². The third kappa shape index (κ3) is 2.93. The first kappa shape index (κ1) is 13.7. The molecule has 110 valence electrons. The lowest BCUT2D eigenvalue weighted by molar-refractivity contribution is 0.00755. The third-order valence-electron chi connectivity index (χ3n) is 3.19. The lowest BCUT2D eigenvalue weighted by Crippen LogP contribution is -2.33. The number of rotatable bonds is 3. The molecule has 1 atom stereocenters. The van der Waals surface area contributed by atoms with E-state index in [9.17, 15) is 4.79 Å². The van der Waals surface area contributed by atoms with Gasteiger partial charge in [-0.15, -0.1) is 0 Å². The highest BCUT2D eigenvalue weighted by Crippen LogP contribution is 2.22. The van der Waals surface area contributed by atoms with Crippen LogP contribution in [0.5, 0.6) is 0 Å². The van der Waals surface area contributed by atoms with Crippen molar-refractivity contribution >= 4 is 5.97 Å². The molecule has 1 aliphatic rings. The number of hydrogen-bond acceptors (Lipinski definition) is 7. The van der Waals surface area contributed by atoms with Gasteiger partial charge in [-0.2, -0.15) is 4.98 Å². The van der Waals surface area contributed by atoms with Crippen molar-refractivity contribution in [2.75, 3.05) is 26.8 Å². The number of carbonyl (C=O) groups is 1. The van der Waals surface area contributed by atoms with Crippen LogP contribution in [0.3, 0.4) is 0 Å². The molecule has 2 heterocycles. The van der Waals surface area contributed by atoms with E-state index >= 15 is 0 Å². The van der Waals surface area contributed by atoms with Crippen LogP contribution in [-0.4, -0.2) is 42.9 Å². The fourth-order valence-corrected chi connectivity index (χ4v) is 2.11. The summed E-state index contributed by atoms with van der Waals surface area (Å²) in [4.78, 5) is 15.9. The van der Waals surface area contributed by atoms with Crippen LogP contribution < -0.4 is 5.32 Å². The molecular weight excluding hydrogens is 274 g/mol. The van der Waals surface area contributed by atoms with Gasteiger partial charge in [0.05, 0.1) is 19.3 Å². The van der Waals surface area contributed by atoms with Crippen molar-refractivity contribution in [3.63, 3.8) is 0 Å². The van der Waals surface area contributed by atoms with Crippen LogP contribution in [-0.2, 0) is 9.47 Å². The minimum atomic E-state index is -0.402. The zero-order valence-corrected chi connectivity index (χ0v) is 11.5. The van der Waals surface area contributed by atoms with Gasteiger partial charge in [-0.1, -0.05) is 17.3 Å². The Bertz CT molecular complexity index is 635. The Hall–Kier alpha value is -2.25. The molecule has 1 N–H and O–H groups in total. The van der Waals surface area contributed by atoms with Crippen molar-refractivity contribution in [3.05, 3.63) is 35.7 Å². The first-order valence-corrected chi connectivity index (χ1v) is 6.62. The predicted octanol–water partition coefficient (Wildman–Crippen LogP) is 1.18. The number of ether oxygens (including phenoxy) is 2. The van der Waals surface area contributed by atoms with E-state index in [0.717, 1.165) is 6.54 Å². The Labute approximate surface area is 121 Å². The second-order valence-electron chi connectivity index (χ2n) is 4.59. The summed E-state index contributed by atoms with van der Waals surface area (Å²) in [5.41, 5.74) is 1.13. The van der Waals surface area contributed by atoms with Gasteiger partial charge in [0, 0.05) is 18.7 Å². The first-order chi connectivity index (χ1) is 10.3. The highest BCUT2D eigenvalue weighted by atomic mass is 16.5. The van der Waals surface area contributed by atoms with Crippen LogP contribution in [0.25, 0.3) is 11.4 Å². The van der Waals surface area contributed by atoms with E-state index in [1.54, 1.807) is 24.3 Å². The molecule has 0 radical (unpaired) electrons. The standard InChI is InChI=1S/C14H15N3O4/c1-19-14(18)10-4-2-3-9(7-10)12-16-13(21-17-12)11-8-15-5-6-20-11/h2-4,7,11,15H,5-6,8H2,1H3/t11-/m1/s1. The highest BCUT2D eigenvalue weighted by molar-refractivity contribution is 5.90. The molecule has 21 heavy (non-hydrogen) atoms. The molecule has 1 aliphatic heterocycles. The van der Waals surface area contributed by atoms with Crippen LogP contribution in [0.15, 0.2) is 28.8 Å². The summed E-state index contributed by atoms with van der Waals surface area (Å²) < 4.78 is 15.5. The number of nitrogens with zero attached hydrogens (tertiary/aromatic N) is 2. The van der Waals surface area contributed by atoms with E-state index in [-0.39, 0.29) is 6.10 Å². The van der Waals surface area contributed by atoms with Crippen molar-refractivity contribution in [2.24, 2.45) is 0 Å². The number of benzene rings is 1. The molecule has 0 bridgehead atoms. The Morgan fingerprint density at radius 3 is 3.14 bits per heavy atom. The largest absolute Gasteiger partial charge is 0.465 e. The molecule has 1 fully saturated rings. The van der Waals surface area contributed by atoms with Gasteiger partial charge in [-0.25, -0.2) is 4.79 Å². The number of morpholine rings is 1. The monoisotopic (exact) mass is 289 g/mol. The summed E-state index contributed by atoms with van der Waals surface area (Å²) in [6, 6.07) is 6.89. The van der Waals surface area contributed by atoms with E-state index in [1.807, 2.05) is 0 Å². The van der Waals surface area contributed by atoms with Crippen LogP contribution in [0.2, 0.25) is 0 Å². The van der Waals surface area contributed by atoms with Crippen LogP contribution in [0.4, 0.5) is 0 Å². The molecule has 0 spiro atoms. The normalized spacial score (nSPS) is 18.4. The van der Waals surface area contributed by atoms with E-state index in [0.29, 0.717) is 36.0 Å². The SMILES string of the molecule is COC(=O)c1cccc(-c2noc([C@H]3CNCCO3)n2)c1. The Kier molecular flexibility index (Phi) is 3.94. The number of aromatic nitrogens is 2. The molecule has 7 heteroatoms. The quantitative estimate of drug-likeness (QED) is 0.849. The maximum absolute atomic E-state index is 11.5. The highest BCUT2D eigenvalue weighted by Gasteiger charge is 2.22. The van der Waals surface area contributed by atoms with Gasteiger partial charge in [-0.3, -0.25) is 0 Å². The van der Waals surface area contributed by atoms with Gasteiger partial charge < -0.3 is 19.3 Å². The lowest BCUT2D eigenvalue weighted by atomic mass is 10.1. The van der Waals surface area contributed by atoms with Gasteiger partial charge >= 0.3 is 5.97 Å². The van der Waals surface area contributed by atoms with Crippen molar-refractivity contribution in [1.82, 2.24) is 15.5 Å². The summed E-state index contributed by atoms with van der Waals surface area (Å²) in [6.07, 6.45) is -0.233. The van der Waals surface area contributed by atoms with Crippen molar-refractivity contribution in [3.8, 4) is 11.4 Å². The van der Waals surface area contributed by atoms with E-state index in [4.69, 9.17) is 14.0 Å². The molecule has 2 aromatic rings. The topological polar surface area (TPSA) is 86.5 Å². The number of methoxy groups -OCH3 is 1. The van der Waals surface area contributed by atoms with Gasteiger partial charge in [0.15, 0.2) is 0 Å². The summed E-state index contributed by atoms with van der Waals surface area (Å²) in [5.74, 6) is 0.450. The summed E-state index contributed by atoms with van der Waals surface area (Å²) in [6.45, 7) is 2.07. The van der Waals surface area contributed by atoms with E-state index < -0.39 is 5.97 Å². The van der Waals surface area contributed by atoms with Gasteiger partial charge in [-0.05, 0) is 12.1 Å². The minimum absolute atomic E-state index is 0.233. The van der Waals surface area contributed by atoms with Crippen LogP contribution in [0, 0.1) is 0 Å². The zero-order chi connectivity index (χ0) is 14.7. The third-order valence-corrected chi connectivity index (χ3v) is 3.19. The Morgan fingerprint density at radius 1 is 1.48 bits per heavy atom. The Balaban J connectivity index is 1.84. The molecule has 0 amide bonds.